The third kappa shape index (κ3) is 5.79. The maximum atomic E-state index is 11.7. The number of halogens is 1. The highest BCUT2D eigenvalue weighted by molar-refractivity contribution is 9.10. The van der Waals surface area contributed by atoms with Crippen molar-refractivity contribution in [2.24, 2.45) is 0 Å². The van der Waals surface area contributed by atoms with Crippen molar-refractivity contribution in [1.82, 2.24) is 10.3 Å². The molecule has 0 aromatic carbocycles. The number of carbonyl (C=O) groups is 1. The molecular formula is C12H18BrN3O. The predicted octanol–water partition coefficient (Wildman–Crippen LogP) is 2.56. The van der Waals surface area contributed by atoms with E-state index < -0.39 is 0 Å². The number of hydrogen-bond acceptors (Lipinski definition) is 3. The Balaban J connectivity index is 2.38. The van der Waals surface area contributed by atoms with E-state index in [2.05, 4.69) is 52.3 Å². The van der Waals surface area contributed by atoms with Crippen molar-refractivity contribution in [1.29, 1.82) is 0 Å². The van der Waals surface area contributed by atoms with Gasteiger partial charge in [-0.25, -0.2) is 4.98 Å². The molecule has 0 atom stereocenters. The molecule has 1 amide bonds. The molecule has 0 fully saturated rings. The summed E-state index contributed by atoms with van der Waals surface area (Å²) in [4.78, 5) is 15.7. The SMILES string of the molecule is CC(C)(C)NCCC(=O)Nc1cccnc1Br. The standard InChI is InChI=1S/C12H18BrN3O/c1-12(2,3)15-8-6-10(17)16-9-5-4-7-14-11(9)13/h4-5,7,15H,6,8H2,1-3H3,(H,16,17). The first-order chi connectivity index (χ1) is 7.88. The first-order valence-electron chi connectivity index (χ1n) is 5.54. The zero-order chi connectivity index (χ0) is 12.9. The zero-order valence-electron chi connectivity index (χ0n) is 10.4. The van der Waals surface area contributed by atoms with Crippen LogP contribution in [-0.2, 0) is 4.79 Å². The molecule has 0 unspecified atom stereocenters. The molecule has 0 spiro atoms. The molecule has 1 rings (SSSR count). The van der Waals surface area contributed by atoms with Crippen LogP contribution in [-0.4, -0.2) is 23.0 Å². The van der Waals surface area contributed by atoms with Gasteiger partial charge in [-0.05, 0) is 48.8 Å². The van der Waals surface area contributed by atoms with E-state index in [1.165, 1.54) is 0 Å². The molecular weight excluding hydrogens is 282 g/mol. The lowest BCUT2D eigenvalue weighted by molar-refractivity contribution is -0.116. The summed E-state index contributed by atoms with van der Waals surface area (Å²) in [6, 6.07) is 3.60. The van der Waals surface area contributed by atoms with Crippen LogP contribution in [0.2, 0.25) is 0 Å². The molecule has 1 aromatic heterocycles. The van der Waals surface area contributed by atoms with Crippen LogP contribution in [0.5, 0.6) is 0 Å². The number of carbonyl (C=O) groups excluding carboxylic acids is 1. The fourth-order valence-corrected chi connectivity index (χ4v) is 1.59. The number of nitrogens with one attached hydrogen (secondary N) is 2. The van der Waals surface area contributed by atoms with Gasteiger partial charge < -0.3 is 10.6 Å². The second-order valence-corrected chi connectivity index (χ2v) is 5.57. The van der Waals surface area contributed by atoms with Crippen molar-refractivity contribution in [3.05, 3.63) is 22.9 Å². The maximum absolute atomic E-state index is 11.7. The molecule has 0 saturated heterocycles. The molecule has 0 radical (unpaired) electrons. The van der Waals surface area contributed by atoms with Gasteiger partial charge in [-0.3, -0.25) is 4.79 Å². The minimum atomic E-state index is -0.0181. The number of anilines is 1. The third-order valence-electron chi connectivity index (χ3n) is 2.04. The van der Waals surface area contributed by atoms with Gasteiger partial charge in [0.25, 0.3) is 0 Å². The van der Waals surface area contributed by atoms with Crippen LogP contribution in [0.1, 0.15) is 27.2 Å². The summed E-state index contributed by atoms with van der Waals surface area (Å²) in [6.07, 6.45) is 2.11. The Bertz CT molecular complexity index is 388. The lowest BCUT2D eigenvalue weighted by Gasteiger charge is -2.20. The van der Waals surface area contributed by atoms with Crippen LogP contribution in [0, 0.1) is 0 Å². The molecule has 2 N–H and O–H groups in total. The Labute approximate surface area is 110 Å². The average molecular weight is 300 g/mol. The van der Waals surface area contributed by atoms with Crippen LogP contribution in [0.4, 0.5) is 5.69 Å². The Hall–Kier alpha value is -0.940. The molecule has 94 valence electrons. The Morgan fingerprint density at radius 1 is 1.47 bits per heavy atom. The normalized spacial score (nSPS) is 11.3. The van der Waals surface area contributed by atoms with E-state index in [4.69, 9.17) is 0 Å². The molecule has 4 nitrogen and oxygen atoms in total. The van der Waals surface area contributed by atoms with E-state index >= 15 is 0 Å². The summed E-state index contributed by atoms with van der Waals surface area (Å²) >= 11 is 3.28. The van der Waals surface area contributed by atoms with Crippen molar-refractivity contribution < 1.29 is 4.79 Å². The minimum Gasteiger partial charge on any atom is -0.324 e. The molecule has 0 bridgehead atoms. The summed E-state index contributed by atoms with van der Waals surface area (Å²) < 4.78 is 0.650. The van der Waals surface area contributed by atoms with Gasteiger partial charge in [0.05, 0.1) is 5.69 Å². The molecule has 0 aliphatic carbocycles. The van der Waals surface area contributed by atoms with Crippen LogP contribution in [0.15, 0.2) is 22.9 Å². The molecule has 0 aliphatic rings. The lowest BCUT2D eigenvalue weighted by atomic mass is 10.1. The highest BCUT2D eigenvalue weighted by Crippen LogP contribution is 2.18. The first kappa shape index (κ1) is 14.1. The molecule has 0 saturated carbocycles. The van der Waals surface area contributed by atoms with Crippen molar-refractivity contribution in [3.63, 3.8) is 0 Å². The smallest absolute Gasteiger partial charge is 0.225 e. The van der Waals surface area contributed by atoms with E-state index in [0.717, 1.165) is 0 Å². The van der Waals surface area contributed by atoms with Crippen LogP contribution >= 0.6 is 15.9 Å². The number of nitrogens with zero attached hydrogens (tertiary/aromatic N) is 1. The highest BCUT2D eigenvalue weighted by atomic mass is 79.9. The summed E-state index contributed by atoms with van der Waals surface area (Å²) in [5, 5.41) is 6.07. The van der Waals surface area contributed by atoms with Crippen LogP contribution < -0.4 is 10.6 Å². The van der Waals surface area contributed by atoms with Gasteiger partial charge in [0.15, 0.2) is 0 Å². The summed E-state index contributed by atoms with van der Waals surface area (Å²) in [5.74, 6) is -0.0181. The highest BCUT2D eigenvalue weighted by Gasteiger charge is 2.10. The van der Waals surface area contributed by atoms with Gasteiger partial charge in [0.1, 0.15) is 4.60 Å². The number of aromatic nitrogens is 1. The van der Waals surface area contributed by atoms with Crippen molar-refractivity contribution in [2.75, 3.05) is 11.9 Å². The van der Waals surface area contributed by atoms with E-state index in [0.29, 0.717) is 23.3 Å². The summed E-state index contributed by atoms with van der Waals surface area (Å²) in [5.41, 5.74) is 0.739. The topological polar surface area (TPSA) is 54.0 Å². The maximum Gasteiger partial charge on any atom is 0.225 e. The van der Waals surface area contributed by atoms with E-state index in [9.17, 15) is 4.79 Å². The summed E-state index contributed by atoms with van der Waals surface area (Å²) in [7, 11) is 0. The van der Waals surface area contributed by atoms with Crippen molar-refractivity contribution in [2.45, 2.75) is 32.7 Å². The molecule has 1 heterocycles. The Kier molecular flexibility index (Phi) is 5.08. The largest absolute Gasteiger partial charge is 0.324 e. The third-order valence-corrected chi connectivity index (χ3v) is 2.67. The fourth-order valence-electron chi connectivity index (χ4n) is 1.24. The number of hydrogen-bond donors (Lipinski definition) is 2. The van der Waals surface area contributed by atoms with E-state index in [-0.39, 0.29) is 11.4 Å². The second-order valence-electron chi connectivity index (χ2n) is 4.82. The molecule has 5 heteroatoms. The van der Waals surface area contributed by atoms with E-state index in [1.807, 2.05) is 6.07 Å². The van der Waals surface area contributed by atoms with Gasteiger partial charge in [-0.15, -0.1) is 0 Å². The Morgan fingerprint density at radius 3 is 2.76 bits per heavy atom. The first-order valence-corrected chi connectivity index (χ1v) is 6.33. The predicted molar refractivity (Wildman–Crippen MR) is 72.9 cm³/mol. The van der Waals surface area contributed by atoms with Gasteiger partial charge in [0.2, 0.25) is 5.91 Å². The van der Waals surface area contributed by atoms with Gasteiger partial charge in [0, 0.05) is 24.7 Å². The Morgan fingerprint density at radius 2 is 2.18 bits per heavy atom. The molecule has 0 aliphatic heterocycles. The molecule has 17 heavy (non-hydrogen) atoms. The average Bonchev–Trinajstić information content (AvgIpc) is 2.19. The van der Waals surface area contributed by atoms with Crippen LogP contribution in [0.3, 0.4) is 0 Å². The van der Waals surface area contributed by atoms with E-state index in [1.54, 1.807) is 12.3 Å². The van der Waals surface area contributed by atoms with Gasteiger partial charge in [-0.2, -0.15) is 0 Å². The number of amides is 1. The number of rotatable bonds is 4. The number of pyridine rings is 1. The second kappa shape index (κ2) is 6.12. The zero-order valence-corrected chi connectivity index (χ0v) is 12.0. The van der Waals surface area contributed by atoms with Crippen LogP contribution in [0.25, 0.3) is 0 Å². The summed E-state index contributed by atoms with van der Waals surface area (Å²) in [6.45, 7) is 6.88. The quantitative estimate of drug-likeness (QED) is 0.840. The monoisotopic (exact) mass is 299 g/mol. The minimum absolute atomic E-state index is 0.0181. The van der Waals surface area contributed by atoms with Crippen molar-refractivity contribution in [3.8, 4) is 0 Å². The molecule has 1 aromatic rings. The lowest BCUT2D eigenvalue weighted by Crippen LogP contribution is -2.37. The van der Waals surface area contributed by atoms with Gasteiger partial charge in [-0.1, -0.05) is 0 Å². The van der Waals surface area contributed by atoms with Crippen molar-refractivity contribution >= 4 is 27.5 Å². The van der Waals surface area contributed by atoms with Gasteiger partial charge >= 0.3 is 0 Å². The fraction of sp³-hybridized carbons (Fsp3) is 0.500.